The van der Waals surface area contributed by atoms with Gasteiger partial charge in [-0.1, -0.05) is 101 Å². The molecule has 16 N–H and O–H groups in total. The number of hydrogen-bond acceptors (Lipinski definition) is 15. The Labute approximate surface area is 509 Å². The SMILES string of the molecule is CC[C@H](C)[C@H](NC(=O)[C@@H](N)CC(N)=O)C(=O)N1CCC[C@H]1C(=O)NCC(=O)N[C@@H](CC(C)C)C(=O)N[C@@H](Cc1ccc(O)cc1)C(=O)N[C@@H](Cc1ccc(O)cc1)C(=O)N[C@@H](Cc1ccccc1)C(=O)N[C@@H](C)C(=O)N[C@@H](Cc1ccc(O)cc1)C(=O)O. The maximum absolute atomic E-state index is 14.8. The van der Waals surface area contributed by atoms with E-state index in [0.717, 1.165) is 0 Å². The summed E-state index contributed by atoms with van der Waals surface area (Å²) in [5.41, 5.74) is 13.0. The van der Waals surface area contributed by atoms with Gasteiger partial charge in [0.1, 0.15) is 65.6 Å². The number of phenolic OH excluding ortho intramolecular Hbond substituents is 3. The first kappa shape index (κ1) is 69.2. The van der Waals surface area contributed by atoms with Gasteiger partial charge in [0.15, 0.2) is 0 Å². The van der Waals surface area contributed by atoms with Gasteiger partial charge in [0.2, 0.25) is 59.1 Å². The second kappa shape index (κ2) is 33.4. The third kappa shape index (κ3) is 21.7. The highest BCUT2D eigenvalue weighted by Crippen LogP contribution is 2.23. The largest absolute Gasteiger partial charge is 0.508 e. The number of carbonyl (C=O) groups excluding carboxylic acids is 10. The Hall–Kier alpha value is -9.59. The maximum atomic E-state index is 14.8. The molecule has 0 aromatic heterocycles. The maximum Gasteiger partial charge on any atom is 0.326 e. The van der Waals surface area contributed by atoms with Crippen LogP contribution >= 0.6 is 0 Å². The Morgan fingerprint density at radius 1 is 0.545 bits per heavy atom. The first-order chi connectivity index (χ1) is 41.7. The van der Waals surface area contributed by atoms with Gasteiger partial charge < -0.3 is 79.3 Å². The fraction of sp³-hybridized carbons (Fsp3) is 0.435. The monoisotopic (exact) mass is 1220 g/mol. The number of aromatic hydroxyl groups is 3. The number of nitrogens with one attached hydrogen (secondary N) is 8. The second-order valence-corrected chi connectivity index (χ2v) is 22.4. The molecule has 0 bridgehead atoms. The van der Waals surface area contributed by atoms with Gasteiger partial charge in [-0.25, -0.2) is 4.79 Å². The molecule has 1 fully saturated rings. The zero-order valence-corrected chi connectivity index (χ0v) is 49.8. The summed E-state index contributed by atoms with van der Waals surface area (Å²) >= 11 is 0. The van der Waals surface area contributed by atoms with Crippen molar-refractivity contribution in [3.63, 3.8) is 0 Å². The zero-order chi connectivity index (χ0) is 64.8. The lowest BCUT2D eigenvalue weighted by Gasteiger charge is -2.32. The molecule has 26 heteroatoms. The number of likely N-dealkylation sites (tertiary alicyclic amines) is 1. The van der Waals surface area contributed by atoms with Crippen LogP contribution < -0.4 is 54.0 Å². The van der Waals surface area contributed by atoms with Crippen molar-refractivity contribution in [2.24, 2.45) is 23.3 Å². The number of benzene rings is 4. The van der Waals surface area contributed by atoms with Crippen LogP contribution in [0, 0.1) is 11.8 Å². The highest BCUT2D eigenvalue weighted by molar-refractivity contribution is 5.98. The van der Waals surface area contributed by atoms with E-state index in [1.165, 1.54) is 84.6 Å². The number of primary amides is 1. The molecule has 0 unspecified atom stereocenters. The molecule has 1 aliphatic heterocycles. The van der Waals surface area contributed by atoms with Crippen LogP contribution in [0.25, 0.3) is 0 Å². The summed E-state index contributed by atoms with van der Waals surface area (Å²) in [6.45, 7) is 7.94. The summed E-state index contributed by atoms with van der Waals surface area (Å²) in [7, 11) is 0. The Kier molecular flexibility index (Phi) is 26.2. The normalized spacial score (nSPS) is 15.9. The van der Waals surface area contributed by atoms with E-state index in [1.807, 2.05) is 0 Å². The molecule has 10 amide bonds. The number of carbonyl (C=O) groups is 11. The average Bonchev–Trinajstić information content (AvgIpc) is 4.18. The van der Waals surface area contributed by atoms with Crippen LogP contribution in [0.15, 0.2) is 103 Å². The van der Waals surface area contributed by atoms with E-state index in [2.05, 4.69) is 42.5 Å². The second-order valence-electron chi connectivity index (χ2n) is 22.4. The third-order valence-corrected chi connectivity index (χ3v) is 14.8. The number of amides is 10. The molecular weight excluding hydrogens is 1140 g/mol. The van der Waals surface area contributed by atoms with Crippen LogP contribution in [0.3, 0.4) is 0 Å². The number of nitrogens with zero attached hydrogens (tertiary/aromatic N) is 1. The van der Waals surface area contributed by atoms with Crippen LogP contribution in [-0.4, -0.2) is 158 Å². The number of carboxylic acids is 1. The van der Waals surface area contributed by atoms with Crippen molar-refractivity contribution in [2.75, 3.05) is 13.1 Å². The van der Waals surface area contributed by atoms with Crippen molar-refractivity contribution < 1.29 is 73.2 Å². The average molecular weight is 1220 g/mol. The quantitative estimate of drug-likeness (QED) is 0.0305. The van der Waals surface area contributed by atoms with E-state index in [4.69, 9.17) is 11.5 Å². The lowest BCUT2D eigenvalue weighted by molar-refractivity contribution is -0.143. The first-order valence-electron chi connectivity index (χ1n) is 29.1. The number of rotatable bonds is 32. The van der Waals surface area contributed by atoms with E-state index >= 15 is 0 Å². The van der Waals surface area contributed by atoms with Crippen LogP contribution in [-0.2, 0) is 78.4 Å². The predicted molar refractivity (Wildman–Crippen MR) is 321 cm³/mol. The Morgan fingerprint density at radius 2 is 0.977 bits per heavy atom. The highest BCUT2D eigenvalue weighted by Gasteiger charge is 2.40. The molecular formula is C62H81N11O15. The van der Waals surface area contributed by atoms with E-state index in [9.17, 15) is 73.2 Å². The van der Waals surface area contributed by atoms with Crippen molar-refractivity contribution in [2.45, 2.75) is 147 Å². The number of hydrogen-bond donors (Lipinski definition) is 14. The number of nitrogens with two attached hydrogens (primary N) is 2. The van der Waals surface area contributed by atoms with Gasteiger partial charge in [0.25, 0.3) is 0 Å². The first-order valence-corrected chi connectivity index (χ1v) is 29.1. The molecule has 88 heavy (non-hydrogen) atoms. The number of phenols is 3. The molecule has 26 nitrogen and oxygen atoms in total. The molecule has 0 radical (unpaired) electrons. The van der Waals surface area contributed by atoms with Gasteiger partial charge in [-0.05, 0) is 96.7 Å². The molecule has 4 aromatic carbocycles. The topological polar surface area (TPSA) is 420 Å². The van der Waals surface area contributed by atoms with Gasteiger partial charge in [-0.15, -0.1) is 0 Å². The molecule has 1 heterocycles. The lowest BCUT2D eigenvalue weighted by Crippen LogP contribution is -2.60. The van der Waals surface area contributed by atoms with Crippen molar-refractivity contribution in [3.05, 3.63) is 125 Å². The standard InChI is InChI=1S/C62H81N11O15/c1-6-35(4)53(72-55(80)44(63)32-51(64)77)61(86)73-26-10-13-50(73)60(85)65-33-52(78)67-45(27-34(2)3)57(82)69-47(29-38-14-20-41(74)21-15-38)59(84)70-48(30-39-16-22-42(75)23-17-39)58(83)68-46(28-37-11-8-7-9-12-37)56(81)66-36(5)54(79)71-49(62(87)88)31-40-18-24-43(76)25-19-40/h7-9,11-12,14-25,34-36,44-50,53,74-76H,6,10,13,26-33,63H2,1-5H3,(H2,64,77)(H,65,85)(H,66,81)(H,67,78)(H,68,83)(H,69,82)(H,70,84)(H,71,79)(H,72,80)(H,87,88)/t35-,36-,44-,45-,46-,47-,48-,49-,50-,53-/m0/s1. The summed E-state index contributed by atoms with van der Waals surface area (Å²) in [5, 5.41) is 60.8. The third-order valence-electron chi connectivity index (χ3n) is 14.8. The van der Waals surface area contributed by atoms with E-state index in [-0.39, 0.29) is 68.2 Å². The van der Waals surface area contributed by atoms with Crippen LogP contribution in [0.2, 0.25) is 0 Å². The van der Waals surface area contributed by atoms with Gasteiger partial charge in [0, 0.05) is 32.2 Å². The van der Waals surface area contributed by atoms with Crippen LogP contribution in [0.5, 0.6) is 17.2 Å². The predicted octanol–water partition coefficient (Wildman–Crippen LogP) is -0.0258. The summed E-state index contributed by atoms with van der Waals surface area (Å²) in [6, 6.07) is 13.8. The molecule has 0 spiro atoms. The van der Waals surface area contributed by atoms with E-state index in [0.29, 0.717) is 35.1 Å². The molecule has 5 rings (SSSR count). The molecule has 474 valence electrons. The van der Waals surface area contributed by atoms with Crippen LogP contribution in [0.4, 0.5) is 0 Å². The minimum absolute atomic E-state index is 0.0345. The van der Waals surface area contributed by atoms with Gasteiger partial charge in [-0.2, -0.15) is 0 Å². The van der Waals surface area contributed by atoms with Gasteiger partial charge >= 0.3 is 5.97 Å². The smallest absolute Gasteiger partial charge is 0.326 e. The molecule has 0 saturated carbocycles. The van der Waals surface area contributed by atoms with E-state index in [1.54, 1.807) is 58.0 Å². The van der Waals surface area contributed by atoms with Gasteiger partial charge in [-0.3, -0.25) is 47.9 Å². The van der Waals surface area contributed by atoms with Crippen molar-refractivity contribution in [1.82, 2.24) is 47.4 Å². The van der Waals surface area contributed by atoms with Crippen molar-refractivity contribution in [1.29, 1.82) is 0 Å². The Morgan fingerprint density at radius 3 is 1.42 bits per heavy atom. The molecule has 4 aromatic rings. The molecule has 10 atom stereocenters. The Bertz CT molecular complexity index is 3080. The van der Waals surface area contributed by atoms with Crippen molar-refractivity contribution in [3.8, 4) is 17.2 Å². The summed E-state index contributed by atoms with van der Waals surface area (Å²) in [6.07, 6.45) is -0.0566. The van der Waals surface area contributed by atoms with Gasteiger partial charge in [0.05, 0.1) is 19.0 Å². The van der Waals surface area contributed by atoms with E-state index < -0.39 is 138 Å². The molecule has 0 aliphatic carbocycles. The lowest BCUT2D eigenvalue weighted by atomic mass is 9.96. The number of carboxylic acid groups (broad SMARTS) is 1. The summed E-state index contributed by atoms with van der Waals surface area (Å²) in [5.74, 6) is -10.2. The Balaban J connectivity index is 1.35. The fourth-order valence-electron chi connectivity index (χ4n) is 9.74. The minimum Gasteiger partial charge on any atom is -0.508 e. The highest BCUT2D eigenvalue weighted by atomic mass is 16.4. The minimum atomic E-state index is -1.51. The fourth-order valence-corrected chi connectivity index (χ4v) is 9.74. The van der Waals surface area contributed by atoms with Crippen molar-refractivity contribution >= 4 is 65.0 Å². The zero-order valence-electron chi connectivity index (χ0n) is 49.8. The summed E-state index contributed by atoms with van der Waals surface area (Å²) in [4.78, 5) is 151. The number of aliphatic carboxylic acids is 1. The molecule has 1 saturated heterocycles. The molecule has 1 aliphatic rings. The van der Waals surface area contributed by atoms with Crippen LogP contribution in [0.1, 0.15) is 89.0 Å². The summed E-state index contributed by atoms with van der Waals surface area (Å²) < 4.78 is 0.